The van der Waals surface area contributed by atoms with Crippen molar-refractivity contribution in [1.82, 2.24) is 14.1 Å². The minimum Gasteiger partial charge on any atom is -0.399 e. The van der Waals surface area contributed by atoms with Gasteiger partial charge in [0.05, 0.1) is 0 Å². The Morgan fingerprint density at radius 3 is 2.48 bits per heavy atom. The number of benzene rings is 1. The average Bonchev–Trinajstić information content (AvgIpc) is 2.96. The molecule has 0 saturated carbocycles. The summed E-state index contributed by atoms with van der Waals surface area (Å²) in [5.41, 5.74) is 7.45. The molecule has 0 amide bonds. The molecule has 5 nitrogen and oxygen atoms in total. The van der Waals surface area contributed by atoms with Gasteiger partial charge in [0.1, 0.15) is 5.82 Å². The van der Waals surface area contributed by atoms with Gasteiger partial charge in [-0.25, -0.2) is 4.98 Å². The Balaban J connectivity index is 1.82. The predicted molar refractivity (Wildman–Crippen MR) is 82.8 cm³/mol. The van der Waals surface area contributed by atoms with Gasteiger partial charge in [-0.3, -0.25) is 4.79 Å². The van der Waals surface area contributed by atoms with E-state index in [1.807, 2.05) is 41.1 Å². The number of nitrogen functional groups attached to an aromatic ring is 1. The molecule has 0 fully saturated rings. The van der Waals surface area contributed by atoms with E-state index in [9.17, 15) is 4.79 Å². The summed E-state index contributed by atoms with van der Waals surface area (Å²) < 4.78 is 3.72. The lowest BCUT2D eigenvalue weighted by atomic mass is 10.2. The largest absolute Gasteiger partial charge is 0.399 e. The van der Waals surface area contributed by atoms with E-state index in [-0.39, 0.29) is 5.56 Å². The molecule has 0 spiro atoms. The molecular formula is C16H16N4O. The zero-order chi connectivity index (χ0) is 14.7. The van der Waals surface area contributed by atoms with Crippen LogP contribution in [-0.2, 0) is 13.1 Å². The third-order valence-electron chi connectivity index (χ3n) is 3.37. The van der Waals surface area contributed by atoms with Gasteiger partial charge in [-0.05, 0) is 30.3 Å². The van der Waals surface area contributed by atoms with Crippen LogP contribution in [0.1, 0.15) is 0 Å². The second-order valence-corrected chi connectivity index (χ2v) is 4.80. The van der Waals surface area contributed by atoms with Gasteiger partial charge in [0.25, 0.3) is 5.56 Å². The molecule has 2 aromatic heterocycles. The van der Waals surface area contributed by atoms with Gasteiger partial charge in [0, 0.05) is 49.0 Å². The second kappa shape index (κ2) is 5.66. The van der Waals surface area contributed by atoms with Gasteiger partial charge >= 0.3 is 0 Å². The molecule has 5 heteroatoms. The highest BCUT2D eigenvalue weighted by molar-refractivity contribution is 5.59. The average molecular weight is 280 g/mol. The molecule has 2 N–H and O–H groups in total. The molecule has 2 heterocycles. The predicted octanol–water partition coefficient (Wildman–Crippen LogP) is 1.99. The van der Waals surface area contributed by atoms with E-state index in [2.05, 4.69) is 4.98 Å². The summed E-state index contributed by atoms with van der Waals surface area (Å²) in [7, 11) is 0. The molecular weight excluding hydrogens is 264 g/mol. The minimum atomic E-state index is 0.00616. The molecule has 0 bridgehead atoms. The van der Waals surface area contributed by atoms with Crippen LogP contribution in [0.15, 0.2) is 65.8 Å². The second-order valence-electron chi connectivity index (χ2n) is 4.80. The van der Waals surface area contributed by atoms with E-state index in [4.69, 9.17) is 5.73 Å². The Morgan fingerprint density at radius 2 is 1.71 bits per heavy atom. The lowest BCUT2D eigenvalue weighted by Gasteiger charge is -2.09. The number of rotatable bonds is 4. The van der Waals surface area contributed by atoms with E-state index in [1.54, 1.807) is 29.1 Å². The number of imidazole rings is 1. The summed E-state index contributed by atoms with van der Waals surface area (Å²) in [6.45, 7) is 1.29. The van der Waals surface area contributed by atoms with Crippen molar-refractivity contribution in [3.05, 3.63) is 71.4 Å². The smallest absolute Gasteiger partial charge is 0.250 e. The maximum atomic E-state index is 11.7. The zero-order valence-corrected chi connectivity index (χ0v) is 11.5. The van der Waals surface area contributed by atoms with Crippen LogP contribution in [0.25, 0.3) is 11.4 Å². The first kappa shape index (κ1) is 13.2. The molecule has 21 heavy (non-hydrogen) atoms. The highest BCUT2D eigenvalue weighted by atomic mass is 16.1. The third-order valence-corrected chi connectivity index (χ3v) is 3.37. The van der Waals surface area contributed by atoms with E-state index >= 15 is 0 Å². The SMILES string of the molecule is Nc1ccc(-c2nccn2CCn2ccccc2=O)cc1. The number of pyridine rings is 1. The van der Waals surface area contributed by atoms with Crippen molar-refractivity contribution in [3.63, 3.8) is 0 Å². The maximum absolute atomic E-state index is 11.7. The molecule has 106 valence electrons. The van der Waals surface area contributed by atoms with Gasteiger partial charge < -0.3 is 14.9 Å². The summed E-state index contributed by atoms with van der Waals surface area (Å²) in [6.07, 6.45) is 5.47. The Bertz CT molecular complexity index is 786. The fourth-order valence-electron chi connectivity index (χ4n) is 2.24. The van der Waals surface area contributed by atoms with Crippen LogP contribution in [0.5, 0.6) is 0 Å². The molecule has 0 saturated heterocycles. The Kier molecular flexibility index (Phi) is 3.55. The van der Waals surface area contributed by atoms with Crippen molar-refractivity contribution in [3.8, 4) is 11.4 Å². The Labute approximate surface area is 122 Å². The normalized spacial score (nSPS) is 10.7. The standard InChI is InChI=1S/C16H16N4O/c17-14-6-4-13(5-7-14)16-18-8-10-20(16)12-11-19-9-2-1-3-15(19)21/h1-10H,11-12,17H2. The van der Waals surface area contributed by atoms with E-state index in [0.717, 1.165) is 17.1 Å². The molecule has 3 rings (SSSR count). The van der Waals surface area contributed by atoms with Crippen LogP contribution in [0, 0.1) is 0 Å². The molecule has 0 atom stereocenters. The zero-order valence-electron chi connectivity index (χ0n) is 11.5. The molecule has 0 aliphatic carbocycles. The molecule has 0 aliphatic rings. The Hall–Kier alpha value is -2.82. The van der Waals surface area contributed by atoms with Crippen molar-refractivity contribution in [2.24, 2.45) is 0 Å². The molecule has 0 unspecified atom stereocenters. The van der Waals surface area contributed by atoms with Gasteiger partial charge in [0.2, 0.25) is 0 Å². The Morgan fingerprint density at radius 1 is 0.952 bits per heavy atom. The van der Waals surface area contributed by atoms with Crippen LogP contribution in [-0.4, -0.2) is 14.1 Å². The van der Waals surface area contributed by atoms with Crippen LogP contribution >= 0.6 is 0 Å². The van der Waals surface area contributed by atoms with Crippen LogP contribution in [0.2, 0.25) is 0 Å². The highest BCUT2D eigenvalue weighted by Crippen LogP contribution is 2.18. The minimum absolute atomic E-state index is 0.00616. The summed E-state index contributed by atoms with van der Waals surface area (Å²) >= 11 is 0. The molecule has 0 aliphatic heterocycles. The number of hydrogen-bond acceptors (Lipinski definition) is 3. The summed E-state index contributed by atoms with van der Waals surface area (Å²) in [5, 5.41) is 0. The number of nitrogens with zero attached hydrogens (tertiary/aromatic N) is 3. The number of aryl methyl sites for hydroxylation is 2. The van der Waals surface area contributed by atoms with Gasteiger partial charge in [-0.2, -0.15) is 0 Å². The van der Waals surface area contributed by atoms with E-state index < -0.39 is 0 Å². The van der Waals surface area contributed by atoms with Crippen LogP contribution < -0.4 is 11.3 Å². The summed E-state index contributed by atoms with van der Waals surface area (Å²) in [6, 6.07) is 12.8. The van der Waals surface area contributed by atoms with Crippen molar-refractivity contribution < 1.29 is 0 Å². The van der Waals surface area contributed by atoms with Crippen molar-refractivity contribution in [2.45, 2.75) is 13.1 Å². The first-order chi connectivity index (χ1) is 10.2. The lowest BCUT2D eigenvalue weighted by Crippen LogP contribution is -2.20. The van der Waals surface area contributed by atoms with Gasteiger partial charge in [-0.1, -0.05) is 6.07 Å². The van der Waals surface area contributed by atoms with Crippen molar-refractivity contribution in [2.75, 3.05) is 5.73 Å². The first-order valence-electron chi connectivity index (χ1n) is 6.76. The maximum Gasteiger partial charge on any atom is 0.250 e. The monoisotopic (exact) mass is 280 g/mol. The van der Waals surface area contributed by atoms with Crippen LogP contribution in [0.3, 0.4) is 0 Å². The topological polar surface area (TPSA) is 65.8 Å². The fourth-order valence-corrected chi connectivity index (χ4v) is 2.24. The molecule has 3 aromatic rings. The lowest BCUT2D eigenvalue weighted by molar-refractivity contribution is 0.568. The van der Waals surface area contributed by atoms with Gasteiger partial charge in [-0.15, -0.1) is 0 Å². The number of hydrogen-bond donors (Lipinski definition) is 1. The molecule has 0 radical (unpaired) electrons. The first-order valence-corrected chi connectivity index (χ1v) is 6.76. The molecule has 1 aromatic carbocycles. The van der Waals surface area contributed by atoms with Crippen LogP contribution in [0.4, 0.5) is 5.69 Å². The quantitative estimate of drug-likeness (QED) is 0.743. The van der Waals surface area contributed by atoms with Crippen molar-refractivity contribution in [1.29, 1.82) is 0 Å². The number of aromatic nitrogens is 3. The van der Waals surface area contributed by atoms with Gasteiger partial charge in [0.15, 0.2) is 0 Å². The highest BCUT2D eigenvalue weighted by Gasteiger charge is 2.06. The third kappa shape index (κ3) is 2.86. The number of anilines is 1. The van der Waals surface area contributed by atoms with E-state index in [1.165, 1.54) is 0 Å². The number of nitrogens with two attached hydrogens (primary N) is 1. The van der Waals surface area contributed by atoms with E-state index in [0.29, 0.717) is 13.1 Å². The summed E-state index contributed by atoms with van der Waals surface area (Å²) in [5.74, 6) is 0.874. The van der Waals surface area contributed by atoms with Crippen molar-refractivity contribution >= 4 is 5.69 Å². The summed E-state index contributed by atoms with van der Waals surface area (Å²) in [4.78, 5) is 16.1. The fraction of sp³-hybridized carbons (Fsp3) is 0.125.